The molecule has 0 aliphatic heterocycles. The average molecular weight is 617 g/mol. The highest BCUT2D eigenvalue weighted by atomic mass is 32.1. The van der Waals surface area contributed by atoms with Gasteiger partial charge in [-0.3, -0.25) is 24.6 Å². The van der Waals surface area contributed by atoms with E-state index in [1.807, 2.05) is 54.6 Å². The molecule has 0 spiro atoms. The molecule has 0 aliphatic carbocycles. The number of para-hydroxylation sites is 1. The normalized spacial score (nSPS) is 13.0. The summed E-state index contributed by atoms with van der Waals surface area (Å²) in [6.45, 7) is 0.296. The standard InChI is InChI=1S/C31H36N8O4S/c32-27(40)26(17-44)39-30(43)25(15-19-16-36-23-12-4-3-10-21(19)23)38-29(42)24(13-6-14-35-31(33)34)37-28(41)22-11-5-8-18-7-1-2-9-20(18)22/h1-5,7-12,16,24-26,36,44H,6,13-15,17H2,(H2,32,40)(H,37,41)(H,38,42)(H,39,43)(H4,33,34,35)/t24-,25-,26-/m0/s1. The average Bonchev–Trinajstić information content (AvgIpc) is 3.42. The number of benzene rings is 3. The van der Waals surface area contributed by atoms with Gasteiger partial charge in [-0.2, -0.15) is 12.6 Å². The van der Waals surface area contributed by atoms with Gasteiger partial charge in [-0.25, -0.2) is 0 Å². The number of thiol groups is 1. The molecule has 4 amide bonds. The molecule has 0 saturated carbocycles. The number of rotatable bonds is 14. The number of carbonyl (C=O) groups excluding carboxylic acids is 4. The van der Waals surface area contributed by atoms with Crippen LogP contribution in [0.4, 0.5) is 0 Å². The quantitative estimate of drug-likeness (QED) is 0.0441. The first-order valence-corrected chi connectivity index (χ1v) is 14.7. The molecule has 4 aromatic rings. The number of nitrogens with one attached hydrogen (secondary N) is 6. The van der Waals surface area contributed by atoms with Gasteiger partial charge in [0, 0.05) is 41.4 Å². The summed E-state index contributed by atoms with van der Waals surface area (Å²) >= 11 is 4.11. The van der Waals surface area contributed by atoms with Crippen LogP contribution in [0.1, 0.15) is 28.8 Å². The summed E-state index contributed by atoms with van der Waals surface area (Å²) in [5, 5.41) is 20.7. The van der Waals surface area contributed by atoms with Gasteiger partial charge in [0.1, 0.15) is 18.1 Å². The van der Waals surface area contributed by atoms with Crippen LogP contribution in [-0.4, -0.2) is 65.0 Å². The second kappa shape index (κ2) is 14.9. The summed E-state index contributed by atoms with van der Waals surface area (Å²) in [4.78, 5) is 55.7. The number of fused-ring (bicyclic) bond motifs is 2. The largest absolute Gasteiger partial charge is 0.370 e. The molecule has 0 saturated heterocycles. The molecule has 0 unspecified atom stereocenters. The van der Waals surface area contributed by atoms with Crippen LogP contribution in [-0.2, 0) is 20.8 Å². The van der Waals surface area contributed by atoms with Crippen LogP contribution in [0.2, 0.25) is 0 Å². The first-order valence-electron chi connectivity index (χ1n) is 14.1. The van der Waals surface area contributed by atoms with Crippen molar-refractivity contribution in [2.24, 2.45) is 11.5 Å². The predicted molar refractivity (Wildman–Crippen MR) is 173 cm³/mol. The maximum atomic E-state index is 13.8. The van der Waals surface area contributed by atoms with Crippen molar-refractivity contribution < 1.29 is 19.2 Å². The summed E-state index contributed by atoms with van der Waals surface area (Å²) < 4.78 is 0. The number of primary amides is 1. The monoisotopic (exact) mass is 616 g/mol. The van der Waals surface area contributed by atoms with E-state index in [1.54, 1.807) is 18.3 Å². The number of aromatic nitrogens is 1. The molecule has 230 valence electrons. The Morgan fingerprint density at radius 1 is 0.818 bits per heavy atom. The van der Waals surface area contributed by atoms with Crippen molar-refractivity contribution in [2.45, 2.75) is 37.4 Å². The molecule has 1 heterocycles. The van der Waals surface area contributed by atoms with Gasteiger partial charge < -0.3 is 37.7 Å². The lowest BCUT2D eigenvalue weighted by atomic mass is 10.0. The van der Waals surface area contributed by atoms with E-state index in [0.29, 0.717) is 18.5 Å². The van der Waals surface area contributed by atoms with E-state index in [0.717, 1.165) is 27.2 Å². The number of aromatic amines is 1. The Morgan fingerprint density at radius 3 is 2.20 bits per heavy atom. The number of carbonyl (C=O) groups is 4. The highest BCUT2D eigenvalue weighted by Gasteiger charge is 2.30. The topological polar surface area (TPSA) is 208 Å². The van der Waals surface area contributed by atoms with Gasteiger partial charge in [-0.15, -0.1) is 0 Å². The summed E-state index contributed by atoms with van der Waals surface area (Å²) in [5.74, 6) is -2.68. The summed E-state index contributed by atoms with van der Waals surface area (Å²) in [6.07, 6.45) is 2.42. The summed E-state index contributed by atoms with van der Waals surface area (Å²) in [6, 6.07) is 17.1. The van der Waals surface area contributed by atoms with E-state index >= 15 is 0 Å². The van der Waals surface area contributed by atoms with Gasteiger partial charge >= 0.3 is 0 Å². The van der Waals surface area contributed by atoms with Crippen molar-refractivity contribution in [3.05, 3.63) is 84.1 Å². The van der Waals surface area contributed by atoms with Crippen molar-refractivity contribution in [3.8, 4) is 0 Å². The molecule has 0 aliphatic rings. The zero-order valence-corrected chi connectivity index (χ0v) is 24.8. The Bertz CT molecular complexity index is 1670. The summed E-state index contributed by atoms with van der Waals surface area (Å²) in [5.41, 5.74) is 12.8. The zero-order valence-electron chi connectivity index (χ0n) is 23.9. The Balaban J connectivity index is 1.59. The lowest BCUT2D eigenvalue weighted by Gasteiger charge is -2.25. The molecule has 0 fully saturated rings. The van der Waals surface area contributed by atoms with E-state index in [4.69, 9.17) is 16.9 Å². The fourth-order valence-corrected chi connectivity index (χ4v) is 5.21. The van der Waals surface area contributed by atoms with E-state index in [9.17, 15) is 19.2 Å². The van der Waals surface area contributed by atoms with Crippen LogP contribution in [0, 0.1) is 5.41 Å². The van der Waals surface area contributed by atoms with Gasteiger partial charge in [-0.05, 0) is 41.3 Å². The van der Waals surface area contributed by atoms with Crippen LogP contribution in [0.25, 0.3) is 21.7 Å². The molecule has 0 radical (unpaired) electrons. The molecule has 44 heavy (non-hydrogen) atoms. The zero-order chi connectivity index (χ0) is 31.6. The molecule has 3 aromatic carbocycles. The van der Waals surface area contributed by atoms with Crippen molar-refractivity contribution >= 4 is 63.9 Å². The number of H-pyrrole nitrogens is 1. The third-order valence-electron chi connectivity index (χ3n) is 7.22. The minimum absolute atomic E-state index is 0.0261. The second-order valence-electron chi connectivity index (χ2n) is 10.3. The van der Waals surface area contributed by atoms with Gasteiger partial charge in [0.25, 0.3) is 5.91 Å². The smallest absolute Gasteiger partial charge is 0.252 e. The van der Waals surface area contributed by atoms with Crippen molar-refractivity contribution in [2.75, 3.05) is 12.3 Å². The fraction of sp³-hybridized carbons (Fsp3) is 0.258. The SMILES string of the molecule is N=C(N)NCCC[C@H](NC(=O)c1cccc2ccccc12)C(=O)N[C@@H](Cc1c[nH]c2ccccc12)C(=O)N[C@@H](CS)C(N)=O. The Morgan fingerprint density at radius 2 is 1.48 bits per heavy atom. The van der Waals surface area contributed by atoms with Gasteiger partial charge in [0.15, 0.2) is 5.96 Å². The van der Waals surface area contributed by atoms with Gasteiger partial charge in [-0.1, -0.05) is 54.6 Å². The van der Waals surface area contributed by atoms with Crippen molar-refractivity contribution in [1.82, 2.24) is 26.3 Å². The molecule has 0 bridgehead atoms. The number of hydrogen-bond donors (Lipinski definition) is 9. The van der Waals surface area contributed by atoms with Crippen LogP contribution in [0.15, 0.2) is 72.9 Å². The van der Waals surface area contributed by atoms with Gasteiger partial charge in [0.05, 0.1) is 0 Å². The minimum Gasteiger partial charge on any atom is -0.370 e. The molecular weight excluding hydrogens is 580 g/mol. The molecule has 1 aromatic heterocycles. The van der Waals surface area contributed by atoms with E-state index in [2.05, 4.69) is 38.9 Å². The molecule has 12 nitrogen and oxygen atoms in total. The summed E-state index contributed by atoms with van der Waals surface area (Å²) in [7, 11) is 0. The van der Waals surface area contributed by atoms with Crippen LogP contribution < -0.4 is 32.7 Å². The second-order valence-corrected chi connectivity index (χ2v) is 10.7. The Hall–Kier alpha value is -5.04. The number of guanidine groups is 1. The lowest BCUT2D eigenvalue weighted by molar-refractivity contribution is -0.131. The lowest BCUT2D eigenvalue weighted by Crippen LogP contribution is -2.57. The first kappa shape index (κ1) is 31.9. The molecule has 4 rings (SSSR count). The van der Waals surface area contributed by atoms with Gasteiger partial charge in [0.2, 0.25) is 17.7 Å². The Labute approximate surface area is 259 Å². The Kier molecular flexibility index (Phi) is 10.8. The highest BCUT2D eigenvalue weighted by molar-refractivity contribution is 7.80. The maximum Gasteiger partial charge on any atom is 0.252 e. The van der Waals surface area contributed by atoms with Crippen LogP contribution >= 0.6 is 12.6 Å². The molecule has 3 atom stereocenters. The highest BCUT2D eigenvalue weighted by Crippen LogP contribution is 2.20. The van der Waals surface area contributed by atoms with E-state index < -0.39 is 41.8 Å². The third-order valence-corrected chi connectivity index (χ3v) is 7.58. The predicted octanol–water partition coefficient (Wildman–Crippen LogP) is 1.31. The number of hydrogen-bond acceptors (Lipinski definition) is 6. The van der Waals surface area contributed by atoms with Crippen LogP contribution in [0.5, 0.6) is 0 Å². The van der Waals surface area contributed by atoms with E-state index in [-0.39, 0.29) is 24.6 Å². The molecular formula is C31H36N8O4S. The van der Waals surface area contributed by atoms with Crippen molar-refractivity contribution in [3.63, 3.8) is 0 Å². The third kappa shape index (κ3) is 8.07. The fourth-order valence-electron chi connectivity index (χ4n) is 4.94. The molecule has 13 heteroatoms. The molecule has 10 N–H and O–H groups in total. The maximum absolute atomic E-state index is 13.8. The number of amides is 4. The van der Waals surface area contributed by atoms with Crippen LogP contribution in [0.3, 0.4) is 0 Å². The number of nitrogens with two attached hydrogens (primary N) is 2. The van der Waals surface area contributed by atoms with E-state index in [1.165, 1.54) is 0 Å². The first-order chi connectivity index (χ1) is 21.2. The van der Waals surface area contributed by atoms with Crippen molar-refractivity contribution in [1.29, 1.82) is 5.41 Å². The minimum atomic E-state index is -1.12.